The molecule has 0 saturated carbocycles. The van der Waals surface area contributed by atoms with Crippen molar-refractivity contribution in [1.29, 1.82) is 0 Å². The first-order valence-electron chi connectivity index (χ1n) is 7.39. The van der Waals surface area contributed by atoms with E-state index in [2.05, 4.69) is 9.51 Å². The number of halogens is 1. The molecule has 1 aliphatic heterocycles. The summed E-state index contributed by atoms with van der Waals surface area (Å²) < 4.78 is 47.1. The summed E-state index contributed by atoms with van der Waals surface area (Å²) in [5, 5.41) is 8.11. The van der Waals surface area contributed by atoms with E-state index in [1.54, 1.807) is 0 Å². The van der Waals surface area contributed by atoms with E-state index in [0.717, 1.165) is 17.7 Å². The van der Waals surface area contributed by atoms with Crippen LogP contribution in [0.3, 0.4) is 0 Å². The van der Waals surface area contributed by atoms with Crippen molar-refractivity contribution in [1.82, 2.24) is 9.55 Å². The predicted octanol–water partition coefficient (Wildman–Crippen LogP) is -0.337. The van der Waals surface area contributed by atoms with Gasteiger partial charge in [-0.15, -0.1) is 0 Å². The Labute approximate surface area is 151 Å². The quantitative estimate of drug-likeness (QED) is 0.371. The first-order valence-corrected chi connectivity index (χ1v) is 10.7. The van der Waals surface area contributed by atoms with Gasteiger partial charge < -0.3 is 34.8 Å². The second-order valence-electron chi connectivity index (χ2n) is 5.70. The second kappa shape index (κ2) is 7.90. The number of aromatic nitrogens is 2. The van der Waals surface area contributed by atoms with E-state index in [1.807, 2.05) is 0 Å². The molecule has 1 aromatic heterocycles. The molecule has 15 heteroatoms. The molecule has 0 bridgehead atoms. The Hall–Kier alpha value is -1.43. The Morgan fingerprint density at radius 1 is 1.48 bits per heavy atom. The lowest BCUT2D eigenvalue weighted by Gasteiger charge is -2.22. The second-order valence-corrected chi connectivity index (χ2v) is 10.2. The summed E-state index contributed by atoms with van der Waals surface area (Å²) in [7, 11) is -9.71. The Morgan fingerprint density at radius 2 is 2.11 bits per heavy atom. The van der Waals surface area contributed by atoms with Crippen molar-refractivity contribution >= 4 is 21.0 Å². The van der Waals surface area contributed by atoms with Gasteiger partial charge in [-0.2, -0.15) is 4.98 Å². The molecule has 0 radical (unpaired) electrons. The molecule has 0 aromatic carbocycles. The molecular formula is C12H18FN3O9P2. The molecule has 2 rings (SSSR count). The first kappa shape index (κ1) is 21.9. The minimum absolute atomic E-state index is 0.00887. The van der Waals surface area contributed by atoms with Gasteiger partial charge >= 0.3 is 20.9 Å². The summed E-state index contributed by atoms with van der Waals surface area (Å²) in [5.41, 5.74) is 4.09. The number of nitrogen functional groups attached to an aromatic ring is 1. The third-order valence-electron chi connectivity index (χ3n) is 3.90. The highest BCUT2D eigenvalue weighted by molar-refractivity contribution is 7.71. The molecule has 6 N–H and O–H groups in total. The molecule has 12 nitrogen and oxygen atoms in total. The topological polar surface area (TPSA) is 194 Å². The van der Waals surface area contributed by atoms with Crippen LogP contribution in [0.5, 0.6) is 0 Å². The van der Waals surface area contributed by atoms with Gasteiger partial charge in [0.15, 0.2) is 11.6 Å². The van der Waals surface area contributed by atoms with Crippen molar-refractivity contribution in [3.63, 3.8) is 0 Å². The first-order chi connectivity index (χ1) is 12.4. The molecule has 2 heterocycles. The van der Waals surface area contributed by atoms with Gasteiger partial charge in [0.25, 0.3) is 0 Å². The number of rotatable bonds is 6. The predicted molar refractivity (Wildman–Crippen MR) is 89.3 cm³/mol. The van der Waals surface area contributed by atoms with Crippen molar-refractivity contribution in [2.45, 2.75) is 30.8 Å². The van der Waals surface area contributed by atoms with E-state index in [1.165, 1.54) is 6.07 Å². The summed E-state index contributed by atoms with van der Waals surface area (Å²) in [6, 6.07) is 1.24. The van der Waals surface area contributed by atoms with Crippen molar-refractivity contribution in [2.24, 2.45) is 0 Å². The maximum Gasteiger partial charge on any atom is 0.351 e. The van der Waals surface area contributed by atoms with Gasteiger partial charge in [0.05, 0.1) is 12.9 Å². The zero-order valence-corrected chi connectivity index (χ0v) is 15.6. The molecule has 0 spiro atoms. The van der Waals surface area contributed by atoms with Crippen LogP contribution in [0, 0.1) is 0 Å². The number of anilines is 1. The van der Waals surface area contributed by atoms with Crippen LogP contribution in [0.4, 0.5) is 10.2 Å². The smallest absolute Gasteiger partial charge is 0.351 e. The average molecular weight is 429 g/mol. The van der Waals surface area contributed by atoms with Crippen molar-refractivity contribution in [2.75, 3.05) is 12.3 Å². The summed E-state index contributed by atoms with van der Waals surface area (Å²) >= 11 is 0. The molecule has 0 amide bonds. The highest BCUT2D eigenvalue weighted by Gasteiger charge is 2.45. The summed E-state index contributed by atoms with van der Waals surface area (Å²) in [6.45, 7) is 0.0209. The fourth-order valence-electron chi connectivity index (χ4n) is 2.24. The Kier molecular flexibility index (Phi) is 6.40. The fraction of sp³-hybridized carbons (Fsp3) is 0.500. The number of hydrogen-bond acceptors (Lipinski definition) is 8. The fourth-order valence-corrected chi connectivity index (χ4v) is 4.53. The van der Waals surface area contributed by atoms with E-state index in [0.29, 0.717) is 0 Å². The third kappa shape index (κ3) is 4.71. The lowest BCUT2D eigenvalue weighted by atomic mass is 10.1. The highest BCUT2D eigenvalue weighted by atomic mass is 31.2. The van der Waals surface area contributed by atoms with Crippen molar-refractivity contribution < 1.29 is 42.6 Å². The molecule has 27 heavy (non-hydrogen) atoms. The van der Waals surface area contributed by atoms with E-state index >= 15 is 0 Å². The van der Waals surface area contributed by atoms with Gasteiger partial charge in [0.2, 0.25) is 0 Å². The van der Waals surface area contributed by atoms with Crippen LogP contribution in [0.15, 0.2) is 29.0 Å². The molecule has 0 aliphatic carbocycles. The van der Waals surface area contributed by atoms with Gasteiger partial charge in [-0.3, -0.25) is 13.7 Å². The summed E-state index contributed by atoms with van der Waals surface area (Å²) in [4.78, 5) is 43.0. The van der Waals surface area contributed by atoms with Crippen LogP contribution in [0.25, 0.3) is 0 Å². The minimum atomic E-state index is -4.92. The standard InChI is InChI=1S/C12H18FN3O9P2/c1-6(26(19,20)21)27(22,23)24-5-8-10(17)7(4-13)11(25-8)16-3-2-9(14)15-12(16)18/h2-4,6,8,10-11,17H,5H2,1H3,(H,22,23)(H2,14,15,18)(H2,19,20,21)/b7-4+/t6?,8-,10?,11-/m1/s1. The number of nitrogens with zero attached hydrogens (tertiary/aromatic N) is 2. The van der Waals surface area contributed by atoms with Crippen LogP contribution in [0.1, 0.15) is 13.2 Å². The van der Waals surface area contributed by atoms with Crippen LogP contribution in [0.2, 0.25) is 0 Å². The molecule has 1 aliphatic rings. The van der Waals surface area contributed by atoms with Crippen LogP contribution >= 0.6 is 15.2 Å². The molecular weight excluding hydrogens is 411 g/mol. The number of hydrogen-bond donors (Lipinski definition) is 5. The monoisotopic (exact) mass is 429 g/mol. The van der Waals surface area contributed by atoms with Gasteiger partial charge in [-0.05, 0) is 13.0 Å². The number of ether oxygens (including phenoxy) is 1. The van der Waals surface area contributed by atoms with Gasteiger partial charge in [0, 0.05) is 11.8 Å². The number of aliphatic hydroxyl groups is 1. The van der Waals surface area contributed by atoms with Gasteiger partial charge in [-0.25, -0.2) is 9.18 Å². The Balaban J connectivity index is 2.20. The van der Waals surface area contributed by atoms with E-state index in [9.17, 15) is 28.3 Å². The molecule has 3 unspecified atom stereocenters. The Morgan fingerprint density at radius 3 is 2.63 bits per heavy atom. The minimum Gasteiger partial charge on any atom is -0.386 e. The zero-order valence-electron chi connectivity index (χ0n) is 13.8. The third-order valence-corrected chi connectivity index (χ3v) is 8.11. The van der Waals surface area contributed by atoms with Gasteiger partial charge in [0.1, 0.15) is 18.0 Å². The zero-order chi connectivity index (χ0) is 20.6. The molecule has 152 valence electrons. The van der Waals surface area contributed by atoms with Crippen LogP contribution < -0.4 is 11.4 Å². The summed E-state index contributed by atoms with van der Waals surface area (Å²) in [6.07, 6.45) is -3.31. The summed E-state index contributed by atoms with van der Waals surface area (Å²) in [5.74, 6) is -0.0897. The maximum absolute atomic E-state index is 13.2. The van der Waals surface area contributed by atoms with Gasteiger partial charge in [-0.1, -0.05) is 0 Å². The lowest BCUT2D eigenvalue weighted by Crippen LogP contribution is -2.28. The number of aliphatic hydroxyl groups excluding tert-OH is 1. The molecule has 5 atom stereocenters. The van der Waals surface area contributed by atoms with E-state index < -0.39 is 51.3 Å². The van der Waals surface area contributed by atoms with Crippen molar-refractivity contribution in [3.05, 3.63) is 34.7 Å². The largest absolute Gasteiger partial charge is 0.386 e. The van der Waals surface area contributed by atoms with E-state index in [-0.39, 0.29) is 17.7 Å². The molecule has 1 saturated heterocycles. The number of nitrogens with two attached hydrogens (primary N) is 1. The average Bonchev–Trinajstić information content (AvgIpc) is 2.87. The Bertz CT molecular complexity index is 885. The lowest BCUT2D eigenvalue weighted by molar-refractivity contribution is -0.0412. The normalized spacial score (nSPS) is 28.2. The van der Waals surface area contributed by atoms with E-state index in [4.69, 9.17) is 20.3 Å². The maximum atomic E-state index is 13.2. The highest BCUT2D eigenvalue weighted by Crippen LogP contribution is 2.62. The molecule has 1 aromatic rings. The van der Waals surface area contributed by atoms with Crippen LogP contribution in [-0.4, -0.2) is 53.6 Å². The van der Waals surface area contributed by atoms with Crippen molar-refractivity contribution in [3.8, 4) is 0 Å². The SMILES string of the molecule is CC(P(=O)(O)O)P(=O)(O)OC[C@H]1O[C@@H](n2ccc(N)nc2=O)/C(=C/F)C1O. The van der Waals surface area contributed by atoms with Crippen LogP contribution in [-0.2, 0) is 18.4 Å². The molecule has 1 fully saturated rings.